The fourth-order valence-corrected chi connectivity index (χ4v) is 3.21. The van der Waals surface area contributed by atoms with Gasteiger partial charge in [0.1, 0.15) is 17.4 Å². The molecule has 2 aliphatic rings. The molecule has 1 amide bonds. The number of ether oxygens (including phenoxy) is 1. The van der Waals surface area contributed by atoms with Crippen LogP contribution in [0.3, 0.4) is 0 Å². The minimum atomic E-state index is -0.318. The summed E-state index contributed by atoms with van der Waals surface area (Å²) in [4.78, 5) is 18.6. The lowest BCUT2D eigenvalue weighted by Gasteiger charge is -2.39. The highest BCUT2D eigenvalue weighted by Crippen LogP contribution is 2.34. The summed E-state index contributed by atoms with van der Waals surface area (Å²) >= 11 is 0. The molecule has 0 radical (unpaired) electrons. The highest BCUT2D eigenvalue weighted by Gasteiger charge is 2.35. The molecule has 6 heteroatoms. The topological polar surface area (TPSA) is 47.4 Å². The van der Waals surface area contributed by atoms with Crippen molar-refractivity contribution >= 4 is 5.91 Å². The van der Waals surface area contributed by atoms with Gasteiger partial charge < -0.3 is 14.2 Å². The second-order valence-electron chi connectivity index (χ2n) is 7.05. The lowest BCUT2D eigenvalue weighted by atomic mass is 9.99. The number of benzene rings is 1. The van der Waals surface area contributed by atoms with Gasteiger partial charge in [0.2, 0.25) is 0 Å². The van der Waals surface area contributed by atoms with Crippen molar-refractivity contribution in [2.45, 2.75) is 32.2 Å². The van der Waals surface area contributed by atoms with E-state index in [0.29, 0.717) is 24.8 Å². The molecule has 1 saturated carbocycles. The number of imidazole rings is 1. The van der Waals surface area contributed by atoms with Gasteiger partial charge in [0.05, 0.1) is 5.92 Å². The van der Waals surface area contributed by atoms with Gasteiger partial charge in [-0.1, -0.05) is 0 Å². The lowest BCUT2D eigenvalue weighted by molar-refractivity contribution is -0.138. The Morgan fingerprint density at radius 1 is 1.28 bits per heavy atom. The van der Waals surface area contributed by atoms with Crippen LogP contribution in [-0.2, 0) is 11.3 Å². The second-order valence-corrected chi connectivity index (χ2v) is 7.05. The van der Waals surface area contributed by atoms with Crippen LogP contribution in [0, 0.1) is 18.7 Å². The fourth-order valence-electron chi connectivity index (χ4n) is 3.21. The molecule has 1 aromatic carbocycles. The smallest absolute Gasteiger partial charge is 0.260 e. The van der Waals surface area contributed by atoms with Crippen LogP contribution in [0.25, 0.3) is 0 Å². The second kappa shape index (κ2) is 6.50. The average molecular weight is 343 g/mol. The van der Waals surface area contributed by atoms with Crippen LogP contribution in [0.2, 0.25) is 0 Å². The third-order valence-electron chi connectivity index (χ3n) is 5.00. The molecule has 2 heterocycles. The van der Waals surface area contributed by atoms with E-state index in [-0.39, 0.29) is 18.3 Å². The van der Waals surface area contributed by atoms with E-state index < -0.39 is 0 Å². The summed E-state index contributed by atoms with van der Waals surface area (Å²) in [5.41, 5.74) is 1.20. The molecular formula is C19H22FN3O2. The van der Waals surface area contributed by atoms with Crippen LogP contribution in [-0.4, -0.2) is 40.1 Å². The molecule has 0 bridgehead atoms. The van der Waals surface area contributed by atoms with E-state index in [1.165, 1.54) is 42.8 Å². The van der Waals surface area contributed by atoms with E-state index in [2.05, 4.69) is 16.5 Å². The Bertz CT molecular complexity index is 761. The number of aromatic nitrogens is 2. The fraction of sp³-hybridized carbons (Fsp3) is 0.474. The molecule has 1 aromatic heterocycles. The molecule has 1 aliphatic carbocycles. The van der Waals surface area contributed by atoms with Gasteiger partial charge in [-0.25, -0.2) is 9.37 Å². The number of hydrogen-bond acceptors (Lipinski definition) is 3. The van der Waals surface area contributed by atoms with E-state index in [1.807, 2.05) is 6.20 Å². The molecular weight excluding hydrogens is 321 g/mol. The Morgan fingerprint density at radius 3 is 2.68 bits per heavy atom. The summed E-state index contributed by atoms with van der Waals surface area (Å²) in [6.07, 6.45) is 4.56. The Kier molecular flexibility index (Phi) is 4.19. The third-order valence-corrected chi connectivity index (χ3v) is 5.00. The summed E-state index contributed by atoms with van der Waals surface area (Å²) in [5, 5.41) is 0. The molecule has 5 nitrogen and oxygen atoms in total. The van der Waals surface area contributed by atoms with E-state index in [1.54, 1.807) is 4.90 Å². The Morgan fingerprint density at radius 2 is 2.00 bits per heavy atom. The number of nitrogens with zero attached hydrogens (tertiary/aromatic N) is 3. The summed E-state index contributed by atoms with van der Waals surface area (Å²) in [6, 6.07) is 5.70. The van der Waals surface area contributed by atoms with E-state index in [0.717, 1.165) is 18.3 Å². The van der Waals surface area contributed by atoms with Crippen molar-refractivity contribution in [1.82, 2.24) is 14.5 Å². The van der Waals surface area contributed by atoms with Gasteiger partial charge in [-0.15, -0.1) is 0 Å². The van der Waals surface area contributed by atoms with Crippen molar-refractivity contribution in [3.63, 3.8) is 0 Å². The highest BCUT2D eigenvalue weighted by molar-refractivity contribution is 5.78. The number of likely N-dealkylation sites (tertiary alicyclic amines) is 1. The summed E-state index contributed by atoms with van der Waals surface area (Å²) in [5.74, 6) is 2.35. The van der Waals surface area contributed by atoms with Crippen LogP contribution in [0.4, 0.5) is 4.39 Å². The van der Waals surface area contributed by atoms with Gasteiger partial charge >= 0.3 is 0 Å². The summed E-state index contributed by atoms with van der Waals surface area (Å²) in [6.45, 7) is 4.50. The van der Waals surface area contributed by atoms with Crippen molar-refractivity contribution in [3.05, 3.63) is 47.8 Å². The average Bonchev–Trinajstić information content (AvgIpc) is 3.31. The molecule has 1 aliphatic heterocycles. The standard InChI is InChI=1S/C19H22FN3O2/c1-13-8-21-19(23(13)9-14-2-3-14)15-10-22(11-15)18(24)12-25-17-6-4-16(20)5-7-17/h4-8,14-15H,2-3,9-12H2,1H3. The van der Waals surface area contributed by atoms with E-state index in [9.17, 15) is 9.18 Å². The quantitative estimate of drug-likeness (QED) is 0.810. The first kappa shape index (κ1) is 16.1. The first-order valence-electron chi connectivity index (χ1n) is 8.78. The monoisotopic (exact) mass is 343 g/mol. The predicted molar refractivity (Wildman–Crippen MR) is 90.9 cm³/mol. The van der Waals surface area contributed by atoms with Gasteiger partial charge in [-0.3, -0.25) is 4.79 Å². The molecule has 0 spiro atoms. The molecule has 0 unspecified atom stereocenters. The van der Waals surface area contributed by atoms with Crippen LogP contribution in [0.5, 0.6) is 5.75 Å². The maximum atomic E-state index is 12.9. The maximum Gasteiger partial charge on any atom is 0.260 e. The molecule has 2 fully saturated rings. The molecule has 132 valence electrons. The molecule has 25 heavy (non-hydrogen) atoms. The SMILES string of the molecule is Cc1cnc(C2CN(C(=O)COc3ccc(F)cc3)C2)n1CC1CC1. The van der Waals surface area contributed by atoms with Crippen molar-refractivity contribution in [2.24, 2.45) is 5.92 Å². The van der Waals surface area contributed by atoms with E-state index in [4.69, 9.17) is 4.74 Å². The normalized spacial score (nSPS) is 17.4. The van der Waals surface area contributed by atoms with Gasteiger partial charge in [0, 0.05) is 31.5 Å². The van der Waals surface area contributed by atoms with Crippen molar-refractivity contribution in [3.8, 4) is 5.75 Å². The number of aryl methyl sites for hydroxylation is 1. The van der Waals surface area contributed by atoms with Crippen LogP contribution >= 0.6 is 0 Å². The Hall–Kier alpha value is -2.37. The zero-order valence-electron chi connectivity index (χ0n) is 14.3. The van der Waals surface area contributed by atoms with Crippen LogP contribution < -0.4 is 4.74 Å². The Labute approximate surface area is 146 Å². The van der Waals surface area contributed by atoms with Crippen molar-refractivity contribution < 1.29 is 13.9 Å². The minimum Gasteiger partial charge on any atom is -0.484 e. The van der Waals surface area contributed by atoms with Crippen LogP contribution in [0.15, 0.2) is 30.5 Å². The highest BCUT2D eigenvalue weighted by atomic mass is 19.1. The minimum absolute atomic E-state index is 0.0199. The zero-order chi connectivity index (χ0) is 17.4. The van der Waals surface area contributed by atoms with Gasteiger partial charge in [0.25, 0.3) is 5.91 Å². The molecule has 0 atom stereocenters. The first-order valence-corrected chi connectivity index (χ1v) is 8.78. The largest absolute Gasteiger partial charge is 0.484 e. The third kappa shape index (κ3) is 3.52. The van der Waals surface area contributed by atoms with Crippen molar-refractivity contribution in [2.75, 3.05) is 19.7 Å². The van der Waals surface area contributed by atoms with Gasteiger partial charge in [0.15, 0.2) is 6.61 Å². The summed E-state index contributed by atoms with van der Waals surface area (Å²) < 4.78 is 20.6. The number of amides is 1. The number of carbonyl (C=O) groups is 1. The lowest BCUT2D eigenvalue weighted by Crippen LogP contribution is -2.51. The first-order chi connectivity index (χ1) is 12.1. The molecule has 0 N–H and O–H groups in total. The predicted octanol–water partition coefficient (Wildman–Crippen LogP) is 2.75. The summed E-state index contributed by atoms with van der Waals surface area (Å²) in [7, 11) is 0. The number of hydrogen-bond donors (Lipinski definition) is 0. The van der Waals surface area contributed by atoms with Gasteiger partial charge in [-0.2, -0.15) is 0 Å². The number of carbonyl (C=O) groups excluding carboxylic acids is 1. The Balaban J connectivity index is 1.29. The number of halogens is 1. The molecule has 4 rings (SSSR count). The maximum absolute atomic E-state index is 12.9. The number of rotatable bonds is 6. The van der Waals surface area contributed by atoms with Crippen LogP contribution in [0.1, 0.15) is 30.3 Å². The zero-order valence-corrected chi connectivity index (χ0v) is 14.3. The molecule has 2 aromatic rings. The molecule has 1 saturated heterocycles. The van der Waals surface area contributed by atoms with Crippen molar-refractivity contribution in [1.29, 1.82) is 0 Å². The van der Waals surface area contributed by atoms with Gasteiger partial charge in [-0.05, 0) is 49.9 Å². The van der Waals surface area contributed by atoms with E-state index >= 15 is 0 Å².